The van der Waals surface area contributed by atoms with Crippen molar-refractivity contribution in [2.24, 2.45) is 5.92 Å². The molecular weight excluding hydrogens is 426 g/mol. The van der Waals surface area contributed by atoms with Gasteiger partial charge in [0.05, 0.1) is 10.9 Å². The van der Waals surface area contributed by atoms with Gasteiger partial charge in [-0.1, -0.05) is 42.8 Å². The number of rotatable bonds is 9. The van der Waals surface area contributed by atoms with Crippen molar-refractivity contribution in [3.05, 3.63) is 83.5 Å². The van der Waals surface area contributed by atoms with Gasteiger partial charge in [0.15, 0.2) is 0 Å². The van der Waals surface area contributed by atoms with Gasteiger partial charge in [-0.05, 0) is 65.4 Å². The highest BCUT2D eigenvalue weighted by molar-refractivity contribution is 6.32. The number of hydrogen-bond donors (Lipinski definition) is 2. The molecule has 1 heterocycles. The number of carboxylic acids is 1. The maximum Gasteiger partial charge on any atom is 0.306 e. The monoisotopic (exact) mass is 449 g/mol. The second kappa shape index (κ2) is 9.79. The number of H-pyrrole nitrogens is 1. The Morgan fingerprint density at radius 2 is 1.78 bits per heavy atom. The first-order valence-corrected chi connectivity index (χ1v) is 10.8. The molecule has 0 radical (unpaired) electrons. The third-order valence-electron chi connectivity index (χ3n) is 5.31. The third kappa shape index (κ3) is 5.06. The van der Waals surface area contributed by atoms with Gasteiger partial charge in [0.25, 0.3) is 0 Å². The minimum Gasteiger partial charge on any atom is -0.489 e. The molecule has 0 aliphatic carbocycles. The number of hydrogen-bond acceptors (Lipinski definition) is 3. The first-order chi connectivity index (χ1) is 15.5. The van der Waals surface area contributed by atoms with E-state index in [9.17, 15) is 9.90 Å². The van der Waals surface area contributed by atoms with Crippen molar-refractivity contribution in [2.45, 2.75) is 13.3 Å². The molecule has 3 aromatic carbocycles. The highest BCUT2D eigenvalue weighted by atomic mass is 35.5. The summed E-state index contributed by atoms with van der Waals surface area (Å²) >= 11 is 6.13. The van der Waals surface area contributed by atoms with Crippen molar-refractivity contribution < 1.29 is 19.4 Å². The molecule has 0 amide bonds. The normalized spacial score (nSPS) is 11.9. The standard InChI is InChI=1S/C26H24ClNO4/c1-17(26(29)30)14-18-6-9-24(31-12-13-32-25-5-3-2-4-22(25)27)21(15-18)19-7-8-23-20(16-19)10-11-28-23/h2-11,15-17,28H,12-14H2,1H3,(H,29,30). The summed E-state index contributed by atoms with van der Waals surface area (Å²) in [4.78, 5) is 14.5. The van der Waals surface area contributed by atoms with E-state index in [2.05, 4.69) is 11.1 Å². The lowest BCUT2D eigenvalue weighted by Gasteiger charge is -2.15. The lowest BCUT2D eigenvalue weighted by Crippen LogP contribution is -2.12. The molecule has 0 aliphatic rings. The van der Waals surface area contributed by atoms with Crippen molar-refractivity contribution in [2.75, 3.05) is 13.2 Å². The van der Waals surface area contributed by atoms with Gasteiger partial charge < -0.3 is 19.6 Å². The number of aliphatic carboxylic acids is 1. The first kappa shape index (κ1) is 21.8. The van der Waals surface area contributed by atoms with Gasteiger partial charge in [-0.2, -0.15) is 0 Å². The van der Waals surface area contributed by atoms with Crippen LogP contribution >= 0.6 is 11.6 Å². The molecular formula is C26H24ClNO4. The molecule has 6 heteroatoms. The Labute approximate surface area is 191 Å². The molecule has 5 nitrogen and oxygen atoms in total. The number of carbonyl (C=O) groups is 1. The van der Waals surface area contributed by atoms with Crippen LogP contribution in [0.25, 0.3) is 22.0 Å². The summed E-state index contributed by atoms with van der Waals surface area (Å²) in [6, 6.07) is 21.3. The summed E-state index contributed by atoms with van der Waals surface area (Å²) in [7, 11) is 0. The zero-order valence-electron chi connectivity index (χ0n) is 17.7. The average molecular weight is 450 g/mol. The van der Waals surface area contributed by atoms with Crippen LogP contribution in [0, 0.1) is 5.92 Å². The Bertz CT molecular complexity index is 1230. The first-order valence-electron chi connectivity index (χ1n) is 10.4. The highest BCUT2D eigenvalue weighted by Crippen LogP contribution is 2.34. The summed E-state index contributed by atoms with van der Waals surface area (Å²) in [5, 5.41) is 10.9. The van der Waals surface area contributed by atoms with E-state index in [1.807, 2.05) is 60.8 Å². The number of fused-ring (bicyclic) bond motifs is 1. The molecule has 4 rings (SSSR count). The van der Waals surface area contributed by atoms with Crippen LogP contribution in [-0.2, 0) is 11.2 Å². The Balaban J connectivity index is 1.56. The van der Waals surface area contributed by atoms with E-state index in [1.165, 1.54) is 0 Å². The third-order valence-corrected chi connectivity index (χ3v) is 5.62. The molecule has 1 aromatic heterocycles. The Morgan fingerprint density at radius 3 is 2.56 bits per heavy atom. The Hall–Kier alpha value is -3.44. The molecule has 1 atom stereocenters. The van der Waals surface area contributed by atoms with E-state index >= 15 is 0 Å². The molecule has 1 unspecified atom stereocenters. The summed E-state index contributed by atoms with van der Waals surface area (Å²) in [6.07, 6.45) is 2.35. The van der Waals surface area contributed by atoms with Crippen LogP contribution in [0.1, 0.15) is 12.5 Å². The number of carboxylic acid groups (broad SMARTS) is 1. The van der Waals surface area contributed by atoms with E-state index in [0.29, 0.717) is 30.4 Å². The van der Waals surface area contributed by atoms with Crippen LogP contribution < -0.4 is 9.47 Å². The van der Waals surface area contributed by atoms with E-state index in [0.717, 1.165) is 33.3 Å². The van der Waals surface area contributed by atoms with Crippen molar-refractivity contribution in [3.8, 4) is 22.6 Å². The molecule has 0 saturated heterocycles. The van der Waals surface area contributed by atoms with Crippen LogP contribution in [-0.4, -0.2) is 29.3 Å². The van der Waals surface area contributed by atoms with Crippen LogP contribution in [0.3, 0.4) is 0 Å². The minimum absolute atomic E-state index is 0.343. The number of ether oxygens (including phenoxy) is 2. The lowest BCUT2D eigenvalue weighted by atomic mass is 9.96. The molecule has 2 N–H and O–H groups in total. The number of para-hydroxylation sites is 1. The number of nitrogens with one attached hydrogen (secondary N) is 1. The van der Waals surface area contributed by atoms with Gasteiger partial charge >= 0.3 is 5.97 Å². The van der Waals surface area contributed by atoms with Gasteiger partial charge in [-0.25, -0.2) is 0 Å². The van der Waals surface area contributed by atoms with Crippen molar-refractivity contribution >= 4 is 28.5 Å². The molecule has 0 saturated carbocycles. The van der Waals surface area contributed by atoms with Gasteiger partial charge in [0, 0.05) is 17.3 Å². The minimum atomic E-state index is -0.808. The smallest absolute Gasteiger partial charge is 0.306 e. The molecule has 164 valence electrons. The van der Waals surface area contributed by atoms with E-state index < -0.39 is 11.9 Å². The van der Waals surface area contributed by atoms with Crippen LogP contribution in [0.15, 0.2) is 72.9 Å². The number of halogens is 1. The van der Waals surface area contributed by atoms with Gasteiger partial charge in [-0.3, -0.25) is 4.79 Å². The highest BCUT2D eigenvalue weighted by Gasteiger charge is 2.15. The van der Waals surface area contributed by atoms with Crippen LogP contribution in [0.4, 0.5) is 0 Å². The number of aromatic amines is 1. The van der Waals surface area contributed by atoms with E-state index in [1.54, 1.807) is 13.0 Å². The predicted molar refractivity (Wildman–Crippen MR) is 127 cm³/mol. The summed E-state index contributed by atoms with van der Waals surface area (Å²) in [5.41, 5.74) is 3.92. The van der Waals surface area contributed by atoms with Crippen LogP contribution in [0.5, 0.6) is 11.5 Å². The van der Waals surface area contributed by atoms with Gasteiger partial charge in [-0.15, -0.1) is 0 Å². The van der Waals surface area contributed by atoms with Crippen molar-refractivity contribution in [1.82, 2.24) is 4.98 Å². The maximum atomic E-state index is 11.3. The molecule has 0 spiro atoms. The van der Waals surface area contributed by atoms with E-state index in [4.69, 9.17) is 21.1 Å². The van der Waals surface area contributed by atoms with Gasteiger partial charge in [0.2, 0.25) is 0 Å². The van der Waals surface area contributed by atoms with Crippen molar-refractivity contribution in [3.63, 3.8) is 0 Å². The largest absolute Gasteiger partial charge is 0.489 e. The maximum absolute atomic E-state index is 11.3. The SMILES string of the molecule is CC(Cc1ccc(OCCOc2ccccc2Cl)c(-c2ccc3[nH]ccc3c2)c1)C(=O)O. The topological polar surface area (TPSA) is 71.5 Å². The van der Waals surface area contributed by atoms with Crippen LogP contribution in [0.2, 0.25) is 5.02 Å². The fourth-order valence-electron chi connectivity index (χ4n) is 3.58. The Morgan fingerprint density at radius 1 is 1.00 bits per heavy atom. The van der Waals surface area contributed by atoms with E-state index in [-0.39, 0.29) is 0 Å². The second-order valence-corrected chi connectivity index (χ2v) is 8.09. The summed E-state index contributed by atoms with van der Waals surface area (Å²) in [6.45, 7) is 2.40. The number of aromatic nitrogens is 1. The van der Waals surface area contributed by atoms with Gasteiger partial charge in [0.1, 0.15) is 24.7 Å². The molecule has 0 fully saturated rings. The zero-order valence-corrected chi connectivity index (χ0v) is 18.4. The molecule has 32 heavy (non-hydrogen) atoms. The number of benzene rings is 3. The van der Waals surface area contributed by atoms with Crippen molar-refractivity contribution in [1.29, 1.82) is 0 Å². The zero-order chi connectivity index (χ0) is 22.5. The fraction of sp³-hybridized carbons (Fsp3) is 0.192. The molecule has 4 aromatic rings. The summed E-state index contributed by atoms with van der Waals surface area (Å²) in [5.74, 6) is 0.0615. The molecule has 0 bridgehead atoms. The Kier molecular flexibility index (Phi) is 6.66. The average Bonchev–Trinajstić information content (AvgIpc) is 3.26. The summed E-state index contributed by atoms with van der Waals surface area (Å²) < 4.78 is 11.8. The predicted octanol–water partition coefficient (Wildman–Crippen LogP) is 6.21. The second-order valence-electron chi connectivity index (χ2n) is 7.68. The quantitative estimate of drug-likeness (QED) is 0.298. The fourth-order valence-corrected chi connectivity index (χ4v) is 3.77. The lowest BCUT2D eigenvalue weighted by molar-refractivity contribution is -0.141. The molecule has 0 aliphatic heterocycles.